The quantitative estimate of drug-likeness (QED) is 0.832. The molecule has 0 unspecified atom stereocenters. The standard InChI is InChI=1S/C16H17FN4O2/c1-16(2,13-10-18-6-7-19-13)15(23)21-20-14(22)9-11-4-3-5-12(17)8-11/h3-8,10H,9H2,1-2H3,(H,20,22)(H,21,23). The summed E-state index contributed by atoms with van der Waals surface area (Å²) in [6.45, 7) is 3.34. The van der Waals surface area contributed by atoms with Crippen LogP contribution in [0.25, 0.3) is 0 Å². The molecule has 0 atom stereocenters. The maximum Gasteiger partial charge on any atom is 0.250 e. The zero-order valence-electron chi connectivity index (χ0n) is 12.8. The Morgan fingerprint density at radius 1 is 1.22 bits per heavy atom. The lowest BCUT2D eigenvalue weighted by atomic mass is 9.89. The Kier molecular flexibility index (Phi) is 5.00. The molecule has 23 heavy (non-hydrogen) atoms. The van der Waals surface area contributed by atoms with E-state index in [-0.39, 0.29) is 6.42 Å². The van der Waals surface area contributed by atoms with Crippen LogP contribution in [0.1, 0.15) is 25.1 Å². The van der Waals surface area contributed by atoms with Crippen LogP contribution in [-0.4, -0.2) is 21.8 Å². The second-order valence-corrected chi connectivity index (χ2v) is 5.52. The predicted molar refractivity (Wildman–Crippen MR) is 81.4 cm³/mol. The number of amides is 2. The fourth-order valence-electron chi connectivity index (χ4n) is 1.90. The smallest absolute Gasteiger partial charge is 0.250 e. The van der Waals surface area contributed by atoms with Crippen molar-refractivity contribution >= 4 is 11.8 Å². The zero-order chi connectivity index (χ0) is 16.9. The lowest BCUT2D eigenvalue weighted by Gasteiger charge is -2.22. The minimum atomic E-state index is -0.958. The molecule has 7 heteroatoms. The number of nitrogens with zero attached hydrogens (tertiary/aromatic N) is 2. The Bertz CT molecular complexity index is 704. The molecule has 1 aromatic heterocycles. The van der Waals surface area contributed by atoms with Gasteiger partial charge in [-0.25, -0.2) is 4.39 Å². The summed E-state index contributed by atoms with van der Waals surface area (Å²) >= 11 is 0. The second kappa shape index (κ2) is 6.95. The third kappa shape index (κ3) is 4.32. The Balaban J connectivity index is 1.92. The minimum Gasteiger partial charge on any atom is -0.273 e. The Labute approximate surface area is 133 Å². The van der Waals surface area contributed by atoms with Gasteiger partial charge in [0.25, 0.3) is 0 Å². The SMILES string of the molecule is CC(C)(C(=O)NNC(=O)Cc1cccc(F)c1)c1cnccn1. The number of hydrazine groups is 1. The highest BCUT2D eigenvalue weighted by atomic mass is 19.1. The monoisotopic (exact) mass is 316 g/mol. The molecular formula is C16H17FN4O2. The van der Waals surface area contributed by atoms with Gasteiger partial charge in [-0.1, -0.05) is 12.1 Å². The first-order valence-electron chi connectivity index (χ1n) is 7.00. The summed E-state index contributed by atoms with van der Waals surface area (Å²) in [7, 11) is 0. The molecule has 0 saturated carbocycles. The predicted octanol–water partition coefficient (Wildman–Crippen LogP) is 1.28. The molecule has 120 valence electrons. The summed E-state index contributed by atoms with van der Waals surface area (Å²) in [4.78, 5) is 32.1. The molecule has 0 aliphatic carbocycles. The van der Waals surface area contributed by atoms with Gasteiger partial charge >= 0.3 is 0 Å². The van der Waals surface area contributed by atoms with Crippen LogP contribution >= 0.6 is 0 Å². The normalized spacial score (nSPS) is 10.9. The van der Waals surface area contributed by atoms with Gasteiger partial charge in [0.2, 0.25) is 11.8 Å². The molecule has 0 aliphatic heterocycles. The number of nitrogens with one attached hydrogen (secondary N) is 2. The number of rotatable bonds is 4. The molecule has 0 spiro atoms. The zero-order valence-corrected chi connectivity index (χ0v) is 12.8. The van der Waals surface area contributed by atoms with Crippen LogP contribution in [0.4, 0.5) is 4.39 Å². The molecule has 6 nitrogen and oxygen atoms in total. The largest absolute Gasteiger partial charge is 0.273 e. The maximum atomic E-state index is 13.1. The van der Waals surface area contributed by atoms with Crippen LogP contribution < -0.4 is 10.9 Å². The highest BCUT2D eigenvalue weighted by molar-refractivity contribution is 5.89. The van der Waals surface area contributed by atoms with E-state index >= 15 is 0 Å². The van der Waals surface area contributed by atoms with Crippen molar-refractivity contribution in [3.05, 3.63) is 59.9 Å². The number of hydrogen-bond donors (Lipinski definition) is 2. The lowest BCUT2D eigenvalue weighted by Crippen LogP contribution is -2.49. The van der Waals surface area contributed by atoms with Crippen LogP contribution in [-0.2, 0) is 21.4 Å². The molecule has 0 fully saturated rings. The number of carbonyl (C=O) groups is 2. The Hall–Kier alpha value is -2.83. The van der Waals surface area contributed by atoms with Gasteiger partial charge in [0, 0.05) is 18.6 Å². The number of carbonyl (C=O) groups excluding carboxylic acids is 2. The van der Waals surface area contributed by atoms with Gasteiger partial charge in [-0.2, -0.15) is 0 Å². The molecular weight excluding hydrogens is 299 g/mol. The molecule has 2 N–H and O–H groups in total. The van der Waals surface area contributed by atoms with Gasteiger partial charge in [0.05, 0.1) is 17.5 Å². The minimum absolute atomic E-state index is 0.0381. The fourth-order valence-corrected chi connectivity index (χ4v) is 1.90. The summed E-state index contributed by atoms with van der Waals surface area (Å²) in [5.41, 5.74) is 4.72. The van der Waals surface area contributed by atoms with Gasteiger partial charge in [-0.15, -0.1) is 0 Å². The number of halogens is 1. The highest BCUT2D eigenvalue weighted by Gasteiger charge is 2.31. The molecule has 2 aromatic rings. The summed E-state index contributed by atoms with van der Waals surface area (Å²) in [5.74, 6) is -1.28. The molecule has 1 aromatic carbocycles. The summed E-state index contributed by atoms with van der Waals surface area (Å²) in [5, 5.41) is 0. The van der Waals surface area contributed by atoms with Gasteiger partial charge < -0.3 is 0 Å². The number of hydrogen-bond acceptors (Lipinski definition) is 4. The molecule has 2 rings (SSSR count). The third-order valence-electron chi connectivity index (χ3n) is 3.34. The molecule has 0 bridgehead atoms. The molecule has 0 saturated heterocycles. The highest BCUT2D eigenvalue weighted by Crippen LogP contribution is 2.19. The van der Waals surface area contributed by atoms with E-state index in [2.05, 4.69) is 20.8 Å². The maximum absolute atomic E-state index is 13.1. The van der Waals surface area contributed by atoms with Crippen molar-refractivity contribution in [3.8, 4) is 0 Å². The first-order valence-corrected chi connectivity index (χ1v) is 7.00. The van der Waals surface area contributed by atoms with Crippen molar-refractivity contribution in [3.63, 3.8) is 0 Å². The van der Waals surface area contributed by atoms with E-state index in [1.165, 1.54) is 36.8 Å². The number of aromatic nitrogens is 2. The van der Waals surface area contributed by atoms with E-state index in [1.807, 2.05) is 0 Å². The van der Waals surface area contributed by atoms with Crippen molar-refractivity contribution in [2.75, 3.05) is 0 Å². The van der Waals surface area contributed by atoms with Crippen molar-refractivity contribution in [1.29, 1.82) is 0 Å². The van der Waals surface area contributed by atoms with Gasteiger partial charge in [0.15, 0.2) is 0 Å². The molecule has 0 radical (unpaired) electrons. The average molecular weight is 316 g/mol. The molecule has 2 amide bonds. The van der Waals surface area contributed by atoms with E-state index in [0.717, 1.165) is 0 Å². The third-order valence-corrected chi connectivity index (χ3v) is 3.34. The van der Waals surface area contributed by atoms with Crippen LogP contribution in [0.5, 0.6) is 0 Å². The van der Waals surface area contributed by atoms with E-state index in [0.29, 0.717) is 11.3 Å². The van der Waals surface area contributed by atoms with Crippen LogP contribution in [0.15, 0.2) is 42.9 Å². The van der Waals surface area contributed by atoms with Crippen molar-refractivity contribution in [1.82, 2.24) is 20.8 Å². The van der Waals surface area contributed by atoms with E-state index in [1.54, 1.807) is 19.9 Å². The first kappa shape index (κ1) is 16.5. The van der Waals surface area contributed by atoms with Gasteiger partial charge in [0.1, 0.15) is 5.82 Å². The van der Waals surface area contributed by atoms with Crippen LogP contribution in [0.3, 0.4) is 0 Å². The Morgan fingerprint density at radius 2 is 2.00 bits per heavy atom. The van der Waals surface area contributed by atoms with E-state index in [9.17, 15) is 14.0 Å². The molecule has 0 aliphatic rings. The molecule has 1 heterocycles. The summed E-state index contributed by atoms with van der Waals surface area (Å²) < 4.78 is 13.1. The Morgan fingerprint density at radius 3 is 2.65 bits per heavy atom. The van der Waals surface area contributed by atoms with Crippen molar-refractivity contribution in [2.45, 2.75) is 25.7 Å². The van der Waals surface area contributed by atoms with Crippen LogP contribution in [0, 0.1) is 5.82 Å². The van der Waals surface area contributed by atoms with E-state index < -0.39 is 23.0 Å². The summed E-state index contributed by atoms with van der Waals surface area (Å²) in [6, 6.07) is 5.72. The fraction of sp³-hybridized carbons (Fsp3) is 0.250. The van der Waals surface area contributed by atoms with Crippen LogP contribution in [0.2, 0.25) is 0 Å². The van der Waals surface area contributed by atoms with Crippen molar-refractivity contribution in [2.24, 2.45) is 0 Å². The topological polar surface area (TPSA) is 84.0 Å². The lowest BCUT2D eigenvalue weighted by molar-refractivity contribution is -0.131. The average Bonchev–Trinajstić information content (AvgIpc) is 2.53. The summed E-state index contributed by atoms with van der Waals surface area (Å²) in [6.07, 6.45) is 4.46. The van der Waals surface area contributed by atoms with Crippen molar-refractivity contribution < 1.29 is 14.0 Å². The first-order chi connectivity index (χ1) is 10.9. The van der Waals surface area contributed by atoms with Gasteiger partial charge in [-0.3, -0.25) is 30.4 Å². The van der Waals surface area contributed by atoms with E-state index in [4.69, 9.17) is 0 Å². The van der Waals surface area contributed by atoms with Gasteiger partial charge in [-0.05, 0) is 31.5 Å². The number of benzene rings is 1. The second-order valence-electron chi connectivity index (χ2n) is 5.52.